The summed E-state index contributed by atoms with van der Waals surface area (Å²) in [5.74, 6) is -0.316. The molecule has 45 heavy (non-hydrogen) atoms. The topological polar surface area (TPSA) is 96.0 Å². The minimum Gasteiger partial charge on any atom is -0.497 e. The van der Waals surface area contributed by atoms with Crippen LogP contribution in [-0.2, 0) is 32.6 Å². The molecule has 0 radical (unpaired) electrons. The van der Waals surface area contributed by atoms with E-state index in [1.54, 1.807) is 55.6 Å². The molecule has 10 heteroatoms. The molecule has 0 aliphatic rings. The maximum atomic E-state index is 14.5. The van der Waals surface area contributed by atoms with Gasteiger partial charge >= 0.3 is 0 Å². The first-order chi connectivity index (χ1) is 21.5. The van der Waals surface area contributed by atoms with Crippen molar-refractivity contribution < 1.29 is 22.7 Å². The molecule has 2 amide bonds. The van der Waals surface area contributed by atoms with Crippen LogP contribution < -0.4 is 14.4 Å². The van der Waals surface area contributed by atoms with Crippen LogP contribution in [0.3, 0.4) is 0 Å². The number of sulfonamides is 1. The molecule has 1 N–H and O–H groups in total. The van der Waals surface area contributed by atoms with Crippen molar-refractivity contribution in [3.8, 4) is 5.75 Å². The number of carbonyl (C=O) groups is 2. The van der Waals surface area contributed by atoms with E-state index in [1.165, 1.54) is 23.1 Å². The summed E-state index contributed by atoms with van der Waals surface area (Å²) in [4.78, 5) is 29.8. The lowest BCUT2D eigenvalue weighted by atomic mass is 10.0. The lowest BCUT2D eigenvalue weighted by Crippen LogP contribution is -2.54. The zero-order valence-electron chi connectivity index (χ0n) is 25.8. The van der Waals surface area contributed by atoms with Crippen molar-refractivity contribution in [2.75, 3.05) is 18.0 Å². The SMILES string of the molecule is COc1cccc(CN(C(=O)CN(c2ccc(C)c(Cl)c2)S(=O)(=O)c2ccccc2)[C@H](Cc2ccccc2)C(=O)NC(C)C)c1. The summed E-state index contributed by atoms with van der Waals surface area (Å²) >= 11 is 6.44. The third kappa shape index (κ3) is 8.65. The van der Waals surface area contributed by atoms with Gasteiger partial charge in [0.1, 0.15) is 18.3 Å². The Morgan fingerprint density at radius 1 is 0.867 bits per heavy atom. The van der Waals surface area contributed by atoms with Crippen LogP contribution in [0.25, 0.3) is 0 Å². The summed E-state index contributed by atoms with van der Waals surface area (Å²) in [6, 6.07) is 28.3. The van der Waals surface area contributed by atoms with Crippen LogP contribution in [0, 0.1) is 6.92 Å². The molecule has 0 bridgehead atoms. The van der Waals surface area contributed by atoms with Gasteiger partial charge in [-0.2, -0.15) is 0 Å². The number of rotatable bonds is 13. The molecule has 4 aromatic rings. The number of anilines is 1. The Kier molecular flexibility index (Phi) is 11.3. The van der Waals surface area contributed by atoms with E-state index in [0.29, 0.717) is 16.3 Å². The van der Waals surface area contributed by atoms with Gasteiger partial charge in [-0.05, 0) is 73.9 Å². The molecule has 0 spiro atoms. The van der Waals surface area contributed by atoms with E-state index < -0.39 is 28.5 Å². The third-order valence-electron chi connectivity index (χ3n) is 7.24. The van der Waals surface area contributed by atoms with Crippen LogP contribution >= 0.6 is 11.6 Å². The molecule has 0 heterocycles. The Labute approximate surface area is 270 Å². The number of hydrogen-bond donors (Lipinski definition) is 1. The average Bonchev–Trinajstić information content (AvgIpc) is 3.03. The largest absolute Gasteiger partial charge is 0.497 e. The molecule has 4 aromatic carbocycles. The number of nitrogens with one attached hydrogen (secondary N) is 1. The fourth-order valence-electron chi connectivity index (χ4n) is 4.89. The van der Waals surface area contributed by atoms with Gasteiger partial charge in [0.2, 0.25) is 11.8 Å². The second kappa shape index (κ2) is 15.1. The number of amides is 2. The fraction of sp³-hybridized carbons (Fsp3) is 0.257. The molecule has 0 aliphatic heterocycles. The summed E-state index contributed by atoms with van der Waals surface area (Å²) < 4.78 is 34.6. The Morgan fingerprint density at radius 3 is 2.13 bits per heavy atom. The summed E-state index contributed by atoms with van der Waals surface area (Å²) in [5.41, 5.74) is 2.56. The monoisotopic (exact) mass is 647 g/mol. The van der Waals surface area contributed by atoms with Crippen molar-refractivity contribution in [1.82, 2.24) is 10.2 Å². The maximum Gasteiger partial charge on any atom is 0.264 e. The predicted octanol–water partition coefficient (Wildman–Crippen LogP) is 6.02. The normalized spacial score (nSPS) is 12.0. The molecule has 4 rings (SSSR count). The lowest BCUT2D eigenvalue weighted by Gasteiger charge is -2.34. The first-order valence-electron chi connectivity index (χ1n) is 14.6. The molecule has 0 saturated heterocycles. The van der Waals surface area contributed by atoms with Gasteiger partial charge in [-0.3, -0.25) is 13.9 Å². The molecule has 8 nitrogen and oxygen atoms in total. The van der Waals surface area contributed by atoms with Crippen molar-refractivity contribution >= 4 is 39.1 Å². The van der Waals surface area contributed by atoms with Gasteiger partial charge < -0.3 is 15.0 Å². The molecule has 0 fully saturated rings. The van der Waals surface area contributed by atoms with Crippen LogP contribution in [0.2, 0.25) is 5.02 Å². The van der Waals surface area contributed by atoms with Crippen molar-refractivity contribution in [2.45, 2.75) is 50.7 Å². The third-order valence-corrected chi connectivity index (χ3v) is 9.44. The van der Waals surface area contributed by atoms with E-state index in [1.807, 2.05) is 57.2 Å². The minimum absolute atomic E-state index is 0.0206. The zero-order valence-corrected chi connectivity index (χ0v) is 27.4. The second-order valence-corrected chi connectivity index (χ2v) is 13.3. The summed E-state index contributed by atoms with van der Waals surface area (Å²) in [5, 5.41) is 3.32. The Bertz CT molecular complexity index is 1720. The van der Waals surface area contributed by atoms with Gasteiger partial charge in [-0.1, -0.05) is 78.3 Å². The lowest BCUT2D eigenvalue weighted by molar-refractivity contribution is -0.140. The van der Waals surface area contributed by atoms with Crippen LogP contribution in [0.4, 0.5) is 5.69 Å². The van der Waals surface area contributed by atoms with Crippen LogP contribution in [0.15, 0.2) is 108 Å². The van der Waals surface area contributed by atoms with Gasteiger partial charge in [-0.15, -0.1) is 0 Å². The summed E-state index contributed by atoms with van der Waals surface area (Å²) in [7, 11) is -2.66. The zero-order chi connectivity index (χ0) is 32.6. The van der Waals surface area contributed by atoms with Crippen molar-refractivity contribution in [3.05, 3.63) is 125 Å². The van der Waals surface area contributed by atoms with Crippen molar-refractivity contribution in [3.63, 3.8) is 0 Å². The smallest absolute Gasteiger partial charge is 0.264 e. The second-order valence-electron chi connectivity index (χ2n) is 11.0. The van der Waals surface area contributed by atoms with E-state index in [-0.39, 0.29) is 35.5 Å². The Morgan fingerprint density at radius 2 is 1.51 bits per heavy atom. The van der Waals surface area contributed by atoms with Crippen LogP contribution in [0.5, 0.6) is 5.75 Å². The highest BCUT2D eigenvalue weighted by Gasteiger charge is 2.35. The van der Waals surface area contributed by atoms with Crippen molar-refractivity contribution in [1.29, 1.82) is 0 Å². The number of benzene rings is 4. The molecule has 1 atom stereocenters. The first kappa shape index (κ1) is 33.6. The summed E-state index contributed by atoms with van der Waals surface area (Å²) in [6.07, 6.45) is 0.219. The number of aryl methyl sites for hydroxylation is 1. The molecule has 0 saturated carbocycles. The highest BCUT2D eigenvalue weighted by atomic mass is 35.5. The van der Waals surface area contributed by atoms with E-state index in [2.05, 4.69) is 5.32 Å². The van der Waals surface area contributed by atoms with E-state index in [9.17, 15) is 18.0 Å². The Hall–Kier alpha value is -4.34. The Balaban J connectivity index is 1.82. The molecular formula is C35H38ClN3O5S. The van der Waals surface area contributed by atoms with E-state index in [4.69, 9.17) is 16.3 Å². The quantitative estimate of drug-likeness (QED) is 0.192. The number of carbonyl (C=O) groups excluding carboxylic acids is 2. The van der Waals surface area contributed by atoms with Crippen LogP contribution in [-0.4, -0.2) is 50.9 Å². The van der Waals surface area contributed by atoms with Gasteiger partial charge in [0.15, 0.2) is 0 Å². The molecule has 0 unspecified atom stereocenters. The number of halogens is 1. The van der Waals surface area contributed by atoms with Crippen LogP contribution in [0.1, 0.15) is 30.5 Å². The standard InChI is InChI=1S/C35H38ClN3O5S/c1-25(2)37-35(41)33(21-27-12-7-5-8-13-27)38(23-28-14-11-15-30(20-28)44-4)34(40)24-39(29-19-18-26(3)32(36)22-29)45(42,43)31-16-9-6-10-17-31/h5-20,22,25,33H,21,23-24H2,1-4H3,(H,37,41)/t33-/m1/s1. The highest BCUT2D eigenvalue weighted by molar-refractivity contribution is 7.92. The predicted molar refractivity (Wildman–Crippen MR) is 178 cm³/mol. The molecule has 0 aliphatic carbocycles. The summed E-state index contributed by atoms with van der Waals surface area (Å²) in [6.45, 7) is 4.97. The fourth-order valence-corrected chi connectivity index (χ4v) is 6.49. The average molecular weight is 648 g/mol. The molecular weight excluding hydrogens is 610 g/mol. The first-order valence-corrected chi connectivity index (χ1v) is 16.4. The molecule has 236 valence electrons. The van der Waals surface area contributed by atoms with Gasteiger partial charge in [0, 0.05) is 24.0 Å². The van der Waals surface area contributed by atoms with E-state index in [0.717, 1.165) is 15.4 Å². The molecule has 0 aromatic heterocycles. The van der Waals surface area contributed by atoms with E-state index >= 15 is 0 Å². The minimum atomic E-state index is -4.21. The van der Waals surface area contributed by atoms with Crippen molar-refractivity contribution in [2.24, 2.45) is 0 Å². The number of hydrogen-bond acceptors (Lipinski definition) is 5. The number of ether oxygens (including phenoxy) is 1. The van der Waals surface area contributed by atoms with Gasteiger partial charge in [0.25, 0.3) is 10.0 Å². The number of methoxy groups -OCH3 is 1. The maximum absolute atomic E-state index is 14.5. The van der Waals surface area contributed by atoms with Gasteiger partial charge in [-0.25, -0.2) is 8.42 Å². The number of nitrogens with zero attached hydrogens (tertiary/aromatic N) is 2. The van der Waals surface area contributed by atoms with Gasteiger partial charge in [0.05, 0.1) is 17.7 Å². The highest BCUT2D eigenvalue weighted by Crippen LogP contribution is 2.29.